The van der Waals surface area contributed by atoms with Crippen molar-refractivity contribution in [2.75, 3.05) is 0 Å². The highest BCUT2D eigenvalue weighted by Gasteiger charge is 2.83. The SMILES string of the molecule is CC[C@@H](C)C(=O)[C@]12C[C@@H]3OC(=O)[C@@]1(C)[C@@H]1CC[C@@H]4[C@H](O)OC=C3[C@]41C2. The summed E-state index contributed by atoms with van der Waals surface area (Å²) in [5.41, 5.74) is -0.733. The van der Waals surface area contributed by atoms with Gasteiger partial charge in [-0.3, -0.25) is 9.59 Å². The molecule has 8 atom stereocenters. The molecule has 5 aliphatic rings. The van der Waals surface area contributed by atoms with Crippen LogP contribution < -0.4 is 0 Å². The van der Waals surface area contributed by atoms with Crippen molar-refractivity contribution in [3.8, 4) is 0 Å². The van der Waals surface area contributed by atoms with Gasteiger partial charge in [0.2, 0.25) is 0 Å². The minimum absolute atomic E-state index is 0.0410. The molecule has 2 heterocycles. The van der Waals surface area contributed by atoms with Crippen LogP contribution in [0.5, 0.6) is 0 Å². The van der Waals surface area contributed by atoms with Crippen LogP contribution in [0, 0.1) is 34.0 Å². The van der Waals surface area contributed by atoms with Crippen LogP contribution in [0.1, 0.15) is 52.9 Å². The Balaban J connectivity index is 1.77. The van der Waals surface area contributed by atoms with Crippen LogP contribution in [0.3, 0.4) is 0 Å². The maximum absolute atomic E-state index is 13.6. The standard InChI is InChI=1S/C20H26O5/c1-4-10(2)15(21)19-7-13-12-8-24-16(22)11-5-6-14(20(11,12)9-19)18(19,3)17(23)25-13/h8,10-11,13-14,16,22H,4-7,9H2,1-3H3/t10-,11-,13+,14+,16-,18-,19-,20+/m1/s1. The Kier molecular flexibility index (Phi) is 2.84. The second-order valence-electron chi connectivity index (χ2n) is 9.11. The number of Topliss-reactive ketones (excluding diaryl/α,β-unsaturated/α-hetero) is 1. The number of ketones is 1. The summed E-state index contributed by atoms with van der Waals surface area (Å²) in [5.74, 6) is -0.0344. The van der Waals surface area contributed by atoms with Crippen LogP contribution in [0.4, 0.5) is 0 Å². The van der Waals surface area contributed by atoms with Crippen molar-refractivity contribution in [2.45, 2.75) is 65.3 Å². The summed E-state index contributed by atoms with van der Waals surface area (Å²) in [7, 11) is 0. The first-order valence-corrected chi connectivity index (χ1v) is 9.62. The summed E-state index contributed by atoms with van der Waals surface area (Å²) in [6.45, 7) is 5.98. The Hall–Kier alpha value is -1.36. The number of carbonyl (C=O) groups excluding carboxylic acids is 2. The molecule has 0 radical (unpaired) electrons. The predicted octanol–water partition coefficient (Wildman–Crippen LogP) is 2.57. The number of aliphatic hydroxyl groups is 1. The molecule has 3 saturated carbocycles. The van der Waals surface area contributed by atoms with Crippen LogP contribution in [-0.4, -0.2) is 29.3 Å². The zero-order valence-corrected chi connectivity index (χ0v) is 15.1. The Bertz CT molecular complexity index is 713. The van der Waals surface area contributed by atoms with Gasteiger partial charge in [-0.2, -0.15) is 0 Å². The fraction of sp³-hybridized carbons (Fsp3) is 0.800. The lowest BCUT2D eigenvalue weighted by Crippen LogP contribution is -2.59. The summed E-state index contributed by atoms with van der Waals surface area (Å²) in [5, 5.41) is 10.5. The fourth-order valence-electron chi connectivity index (χ4n) is 7.34. The molecule has 1 spiro atoms. The lowest BCUT2D eigenvalue weighted by Gasteiger charge is -2.53. The maximum atomic E-state index is 13.6. The van der Waals surface area contributed by atoms with Crippen molar-refractivity contribution in [2.24, 2.45) is 34.0 Å². The van der Waals surface area contributed by atoms with Crippen molar-refractivity contribution in [3.63, 3.8) is 0 Å². The first-order valence-electron chi connectivity index (χ1n) is 9.62. The Morgan fingerprint density at radius 2 is 2.20 bits per heavy atom. The normalized spacial score (nSPS) is 53.0. The minimum Gasteiger partial charge on any atom is -0.472 e. The Morgan fingerprint density at radius 1 is 1.44 bits per heavy atom. The van der Waals surface area contributed by atoms with Gasteiger partial charge in [0.05, 0.1) is 17.1 Å². The molecule has 3 aliphatic carbocycles. The fourth-order valence-corrected chi connectivity index (χ4v) is 7.34. The number of fused-ring (bicyclic) bond motifs is 3. The molecule has 0 aromatic rings. The van der Waals surface area contributed by atoms with E-state index in [2.05, 4.69) is 0 Å². The van der Waals surface area contributed by atoms with Gasteiger partial charge in [-0.1, -0.05) is 13.8 Å². The molecule has 5 nitrogen and oxygen atoms in total. The number of hydrogen-bond donors (Lipinski definition) is 1. The van der Waals surface area contributed by atoms with E-state index in [0.717, 1.165) is 24.8 Å². The van der Waals surface area contributed by atoms with Crippen molar-refractivity contribution in [3.05, 3.63) is 11.8 Å². The van der Waals surface area contributed by atoms with Crippen molar-refractivity contribution in [1.82, 2.24) is 0 Å². The second-order valence-corrected chi connectivity index (χ2v) is 9.11. The lowest BCUT2D eigenvalue weighted by molar-refractivity contribution is -0.193. The Morgan fingerprint density at radius 3 is 2.92 bits per heavy atom. The molecule has 0 aromatic heterocycles. The van der Waals surface area contributed by atoms with Crippen LogP contribution in [0.2, 0.25) is 0 Å². The number of hydrogen-bond acceptors (Lipinski definition) is 5. The molecule has 1 N–H and O–H groups in total. The molecule has 5 rings (SSSR count). The molecule has 0 unspecified atom stereocenters. The highest BCUT2D eigenvalue weighted by Crippen LogP contribution is 2.81. The van der Waals surface area contributed by atoms with Crippen LogP contribution in [0.15, 0.2) is 11.8 Å². The van der Waals surface area contributed by atoms with E-state index in [1.54, 1.807) is 6.26 Å². The average Bonchev–Trinajstić information content (AvgIpc) is 3.03. The zero-order valence-electron chi connectivity index (χ0n) is 15.1. The largest absolute Gasteiger partial charge is 0.472 e. The van der Waals surface area contributed by atoms with E-state index < -0.39 is 17.1 Å². The molecular formula is C20H26O5. The third kappa shape index (κ3) is 1.41. The first kappa shape index (κ1) is 15.9. The van der Waals surface area contributed by atoms with Gasteiger partial charge in [-0.05, 0) is 38.5 Å². The van der Waals surface area contributed by atoms with E-state index in [-0.39, 0.29) is 41.0 Å². The van der Waals surface area contributed by atoms with Crippen molar-refractivity contribution < 1.29 is 24.2 Å². The highest BCUT2D eigenvalue weighted by atomic mass is 16.6. The molecule has 0 aromatic carbocycles. The quantitative estimate of drug-likeness (QED) is 0.795. The van der Waals surface area contributed by atoms with Crippen molar-refractivity contribution in [1.29, 1.82) is 0 Å². The van der Waals surface area contributed by atoms with Gasteiger partial charge in [-0.25, -0.2) is 0 Å². The smallest absolute Gasteiger partial charge is 0.313 e. The second kappa shape index (κ2) is 4.48. The predicted molar refractivity (Wildman–Crippen MR) is 87.9 cm³/mol. The first-order chi connectivity index (χ1) is 11.8. The monoisotopic (exact) mass is 346 g/mol. The van der Waals surface area contributed by atoms with E-state index in [1.165, 1.54) is 0 Å². The summed E-state index contributed by atoms with van der Waals surface area (Å²) in [6, 6.07) is 0. The summed E-state index contributed by atoms with van der Waals surface area (Å²) in [4.78, 5) is 26.7. The zero-order chi connectivity index (χ0) is 17.8. The summed E-state index contributed by atoms with van der Waals surface area (Å²) in [6.07, 6.45) is 4.14. The number of ether oxygens (including phenoxy) is 2. The van der Waals surface area contributed by atoms with Crippen molar-refractivity contribution >= 4 is 11.8 Å². The third-order valence-corrected chi connectivity index (χ3v) is 8.64. The van der Waals surface area contributed by atoms with Crippen LogP contribution in [0.25, 0.3) is 0 Å². The average molecular weight is 346 g/mol. The number of rotatable bonds is 3. The van der Waals surface area contributed by atoms with E-state index in [4.69, 9.17) is 9.47 Å². The van der Waals surface area contributed by atoms with Gasteiger partial charge in [0.25, 0.3) is 0 Å². The maximum Gasteiger partial charge on any atom is 0.313 e. The van der Waals surface area contributed by atoms with E-state index >= 15 is 0 Å². The molecule has 4 fully saturated rings. The minimum atomic E-state index is -0.848. The number of aliphatic hydroxyl groups excluding tert-OH is 1. The molecular weight excluding hydrogens is 320 g/mol. The molecule has 1 saturated heterocycles. The number of carbonyl (C=O) groups is 2. The molecule has 2 aliphatic heterocycles. The molecule has 5 heteroatoms. The number of esters is 1. The molecule has 136 valence electrons. The summed E-state index contributed by atoms with van der Waals surface area (Å²) >= 11 is 0. The van der Waals surface area contributed by atoms with E-state index in [9.17, 15) is 14.7 Å². The lowest BCUT2D eigenvalue weighted by atomic mass is 9.53. The molecule has 25 heavy (non-hydrogen) atoms. The van der Waals surface area contributed by atoms with Gasteiger partial charge in [-0.15, -0.1) is 0 Å². The third-order valence-electron chi connectivity index (χ3n) is 8.64. The van der Waals surface area contributed by atoms with Gasteiger partial charge in [0.15, 0.2) is 6.29 Å². The van der Waals surface area contributed by atoms with Gasteiger partial charge < -0.3 is 14.6 Å². The molecule has 3 bridgehead atoms. The van der Waals surface area contributed by atoms with Gasteiger partial charge in [0, 0.05) is 29.2 Å². The van der Waals surface area contributed by atoms with Crippen LogP contribution >= 0.6 is 0 Å². The van der Waals surface area contributed by atoms with Gasteiger partial charge in [0.1, 0.15) is 11.9 Å². The summed E-state index contributed by atoms with van der Waals surface area (Å²) < 4.78 is 11.4. The van der Waals surface area contributed by atoms with Crippen LogP contribution in [-0.2, 0) is 19.1 Å². The molecule has 0 amide bonds. The van der Waals surface area contributed by atoms with E-state index in [0.29, 0.717) is 12.8 Å². The topological polar surface area (TPSA) is 72.8 Å². The van der Waals surface area contributed by atoms with E-state index in [1.807, 2.05) is 20.8 Å². The highest BCUT2D eigenvalue weighted by molar-refractivity contribution is 5.97. The van der Waals surface area contributed by atoms with Gasteiger partial charge >= 0.3 is 5.97 Å². The Labute approximate surface area is 147 Å².